The Bertz CT molecular complexity index is 390. The molecule has 0 aliphatic heterocycles. The lowest BCUT2D eigenvalue weighted by Gasteiger charge is -2.12. The van der Waals surface area contributed by atoms with E-state index < -0.39 is 0 Å². The minimum atomic E-state index is -0.0380. The molecule has 0 aliphatic rings. The smallest absolute Gasteiger partial charge is 0.251 e. The minimum absolute atomic E-state index is 0.0380. The van der Waals surface area contributed by atoms with Gasteiger partial charge in [-0.05, 0) is 39.3 Å². The molecule has 17 heavy (non-hydrogen) atoms. The Morgan fingerprint density at radius 1 is 1.41 bits per heavy atom. The summed E-state index contributed by atoms with van der Waals surface area (Å²) in [5.41, 5.74) is 1.51. The molecule has 1 amide bonds. The van der Waals surface area contributed by atoms with E-state index in [1.165, 1.54) is 0 Å². The molecule has 0 aromatic carbocycles. The second-order valence-electron chi connectivity index (χ2n) is 4.20. The monoisotopic (exact) mass is 235 g/mol. The summed E-state index contributed by atoms with van der Waals surface area (Å²) in [7, 11) is 0. The Kier molecular flexibility index (Phi) is 4.94. The van der Waals surface area contributed by atoms with E-state index in [4.69, 9.17) is 0 Å². The molecular weight excluding hydrogens is 214 g/mol. The molecule has 1 aromatic rings. The molecule has 0 bridgehead atoms. The first kappa shape index (κ1) is 13.5. The largest absolute Gasteiger partial charge is 0.370 e. The number of nitrogens with zero attached hydrogens (tertiary/aromatic N) is 1. The van der Waals surface area contributed by atoms with Crippen LogP contribution in [-0.4, -0.2) is 23.5 Å². The zero-order valence-corrected chi connectivity index (χ0v) is 11.0. The van der Waals surface area contributed by atoms with Gasteiger partial charge in [-0.25, -0.2) is 4.98 Å². The number of anilines is 1. The molecule has 1 rings (SSSR count). The lowest BCUT2D eigenvalue weighted by atomic mass is 10.2. The lowest BCUT2D eigenvalue weighted by molar-refractivity contribution is 0.0939. The number of nitrogens with one attached hydrogen (secondary N) is 2. The molecule has 94 valence electrons. The molecule has 1 atom stereocenters. The van der Waals surface area contributed by atoms with Gasteiger partial charge in [-0.1, -0.05) is 6.92 Å². The van der Waals surface area contributed by atoms with Gasteiger partial charge in [-0.15, -0.1) is 0 Å². The molecule has 0 spiro atoms. The Balaban J connectivity index is 2.85. The molecule has 0 radical (unpaired) electrons. The normalized spacial score (nSPS) is 12.0. The van der Waals surface area contributed by atoms with Crippen LogP contribution in [0.4, 0.5) is 5.82 Å². The summed E-state index contributed by atoms with van der Waals surface area (Å²) in [6, 6.07) is 3.78. The van der Waals surface area contributed by atoms with Gasteiger partial charge < -0.3 is 10.6 Å². The summed E-state index contributed by atoms with van der Waals surface area (Å²) >= 11 is 0. The quantitative estimate of drug-likeness (QED) is 0.823. The fourth-order valence-electron chi connectivity index (χ4n) is 1.48. The highest BCUT2D eigenvalue weighted by atomic mass is 16.1. The van der Waals surface area contributed by atoms with Crippen molar-refractivity contribution in [2.45, 2.75) is 40.2 Å². The summed E-state index contributed by atoms with van der Waals surface area (Å²) in [6.45, 7) is 8.73. The van der Waals surface area contributed by atoms with E-state index in [0.717, 1.165) is 24.5 Å². The first-order valence-electron chi connectivity index (χ1n) is 6.10. The van der Waals surface area contributed by atoms with Gasteiger partial charge in [-0.2, -0.15) is 0 Å². The fraction of sp³-hybridized carbons (Fsp3) is 0.538. The van der Waals surface area contributed by atoms with Crippen LogP contribution >= 0.6 is 0 Å². The number of hydrogen-bond donors (Lipinski definition) is 2. The number of pyridine rings is 1. The maximum absolute atomic E-state index is 12.0. The van der Waals surface area contributed by atoms with Crippen molar-refractivity contribution in [1.29, 1.82) is 0 Å². The maximum Gasteiger partial charge on any atom is 0.251 e. The average molecular weight is 235 g/mol. The van der Waals surface area contributed by atoms with Gasteiger partial charge in [0.05, 0.1) is 0 Å². The second-order valence-corrected chi connectivity index (χ2v) is 4.20. The number of aryl methyl sites for hydroxylation is 1. The number of carbonyl (C=O) groups is 1. The van der Waals surface area contributed by atoms with E-state index in [-0.39, 0.29) is 11.9 Å². The SMILES string of the molecule is CCNc1cc(C(=O)NC(C)CC)cc(C)n1. The Labute approximate surface area is 103 Å². The Hall–Kier alpha value is -1.58. The van der Waals surface area contributed by atoms with Gasteiger partial charge >= 0.3 is 0 Å². The first-order valence-corrected chi connectivity index (χ1v) is 6.10. The maximum atomic E-state index is 12.0. The lowest BCUT2D eigenvalue weighted by Crippen LogP contribution is -2.32. The molecule has 2 N–H and O–H groups in total. The number of hydrogen-bond acceptors (Lipinski definition) is 3. The third-order valence-electron chi connectivity index (χ3n) is 2.56. The van der Waals surface area contributed by atoms with Crippen LogP contribution < -0.4 is 10.6 Å². The van der Waals surface area contributed by atoms with E-state index in [0.29, 0.717) is 5.56 Å². The molecule has 4 heteroatoms. The zero-order valence-electron chi connectivity index (χ0n) is 11.0. The van der Waals surface area contributed by atoms with Crippen molar-refractivity contribution in [3.05, 3.63) is 23.4 Å². The number of carbonyl (C=O) groups excluding carboxylic acids is 1. The van der Waals surface area contributed by atoms with Crippen LogP contribution in [0.2, 0.25) is 0 Å². The van der Waals surface area contributed by atoms with Crippen LogP contribution in [0.3, 0.4) is 0 Å². The van der Waals surface area contributed by atoms with Gasteiger partial charge in [0.15, 0.2) is 0 Å². The number of aromatic nitrogens is 1. The molecule has 4 nitrogen and oxygen atoms in total. The van der Waals surface area contributed by atoms with Crippen LogP contribution in [-0.2, 0) is 0 Å². The predicted molar refractivity (Wildman–Crippen MR) is 70.4 cm³/mol. The van der Waals surface area contributed by atoms with E-state index in [9.17, 15) is 4.79 Å². The van der Waals surface area contributed by atoms with Crippen molar-refractivity contribution in [2.75, 3.05) is 11.9 Å². The van der Waals surface area contributed by atoms with E-state index in [2.05, 4.69) is 15.6 Å². The third-order valence-corrected chi connectivity index (χ3v) is 2.56. The predicted octanol–water partition coefficient (Wildman–Crippen LogP) is 2.35. The summed E-state index contributed by atoms with van der Waals surface area (Å²) in [6.07, 6.45) is 0.926. The second kappa shape index (κ2) is 6.23. The van der Waals surface area contributed by atoms with Crippen molar-refractivity contribution in [3.63, 3.8) is 0 Å². The fourth-order valence-corrected chi connectivity index (χ4v) is 1.48. The van der Waals surface area contributed by atoms with Gasteiger partial charge in [0.2, 0.25) is 0 Å². The van der Waals surface area contributed by atoms with Crippen molar-refractivity contribution in [3.8, 4) is 0 Å². The number of rotatable bonds is 5. The molecule has 1 heterocycles. The molecule has 0 saturated carbocycles. The van der Waals surface area contributed by atoms with Gasteiger partial charge in [0.1, 0.15) is 5.82 Å². The molecule has 0 saturated heterocycles. The van der Waals surface area contributed by atoms with Crippen molar-refractivity contribution < 1.29 is 4.79 Å². The molecule has 1 aromatic heterocycles. The van der Waals surface area contributed by atoms with Gasteiger partial charge in [0.25, 0.3) is 5.91 Å². The molecular formula is C13H21N3O. The highest BCUT2D eigenvalue weighted by molar-refractivity contribution is 5.95. The third kappa shape index (κ3) is 4.06. The van der Waals surface area contributed by atoms with Crippen LogP contribution in [0, 0.1) is 6.92 Å². The highest BCUT2D eigenvalue weighted by Crippen LogP contribution is 2.10. The molecule has 0 fully saturated rings. The van der Waals surface area contributed by atoms with Crippen LogP contribution in [0.25, 0.3) is 0 Å². The Morgan fingerprint density at radius 2 is 2.12 bits per heavy atom. The standard InChI is InChI=1S/C13H21N3O/c1-5-9(3)16-13(17)11-7-10(4)15-12(8-11)14-6-2/h7-9H,5-6H2,1-4H3,(H,14,15)(H,16,17). The molecule has 0 aliphatic carbocycles. The van der Waals surface area contributed by atoms with Gasteiger partial charge in [0, 0.05) is 23.8 Å². The highest BCUT2D eigenvalue weighted by Gasteiger charge is 2.10. The van der Waals surface area contributed by atoms with E-state index in [1.807, 2.05) is 27.7 Å². The Morgan fingerprint density at radius 3 is 2.71 bits per heavy atom. The van der Waals surface area contributed by atoms with E-state index in [1.54, 1.807) is 12.1 Å². The summed E-state index contributed by atoms with van der Waals surface area (Å²) < 4.78 is 0. The van der Waals surface area contributed by atoms with E-state index >= 15 is 0 Å². The molecule has 1 unspecified atom stereocenters. The summed E-state index contributed by atoms with van der Waals surface area (Å²) in [5, 5.41) is 6.07. The topological polar surface area (TPSA) is 54.0 Å². The van der Waals surface area contributed by atoms with Crippen molar-refractivity contribution in [2.24, 2.45) is 0 Å². The zero-order chi connectivity index (χ0) is 12.8. The van der Waals surface area contributed by atoms with Crippen LogP contribution in [0.15, 0.2) is 12.1 Å². The van der Waals surface area contributed by atoms with Gasteiger partial charge in [-0.3, -0.25) is 4.79 Å². The first-order chi connectivity index (χ1) is 8.06. The van der Waals surface area contributed by atoms with Crippen molar-refractivity contribution >= 4 is 11.7 Å². The summed E-state index contributed by atoms with van der Waals surface area (Å²) in [5.74, 6) is 0.714. The van der Waals surface area contributed by atoms with Crippen LogP contribution in [0.1, 0.15) is 43.2 Å². The summed E-state index contributed by atoms with van der Waals surface area (Å²) in [4.78, 5) is 16.3. The van der Waals surface area contributed by atoms with Crippen molar-refractivity contribution in [1.82, 2.24) is 10.3 Å². The average Bonchev–Trinajstić information content (AvgIpc) is 2.28. The van der Waals surface area contributed by atoms with Crippen LogP contribution in [0.5, 0.6) is 0 Å². The minimum Gasteiger partial charge on any atom is -0.370 e. The number of amides is 1.